The van der Waals surface area contributed by atoms with Gasteiger partial charge in [-0.2, -0.15) is 0 Å². The van der Waals surface area contributed by atoms with Gasteiger partial charge in [0, 0.05) is 20.4 Å². The number of methoxy groups -OCH3 is 1. The van der Waals surface area contributed by atoms with Crippen LogP contribution in [0.5, 0.6) is 5.88 Å². The minimum Gasteiger partial charge on any atom is -0.473 e. The normalized spacial score (nSPS) is 24.4. The smallest absolute Gasteiger partial charge is 0.237 e. The molecular formula is C13H20N2O2. The van der Waals surface area contributed by atoms with Crippen LogP contribution in [0.2, 0.25) is 0 Å². The molecule has 17 heavy (non-hydrogen) atoms. The maximum absolute atomic E-state index is 5.94. The first-order valence-electron chi connectivity index (χ1n) is 6.15. The summed E-state index contributed by atoms with van der Waals surface area (Å²) < 4.78 is 11.3. The molecule has 4 nitrogen and oxygen atoms in total. The fraction of sp³-hybridized carbons (Fsp3) is 0.615. The lowest BCUT2D eigenvalue weighted by Crippen LogP contribution is -2.28. The first-order chi connectivity index (χ1) is 8.33. The third-order valence-corrected chi connectivity index (χ3v) is 3.27. The Balaban J connectivity index is 1.93. The quantitative estimate of drug-likeness (QED) is 0.872. The number of aromatic nitrogens is 1. The highest BCUT2D eigenvalue weighted by atomic mass is 16.5. The van der Waals surface area contributed by atoms with E-state index in [4.69, 9.17) is 9.47 Å². The van der Waals surface area contributed by atoms with E-state index in [2.05, 4.69) is 10.3 Å². The summed E-state index contributed by atoms with van der Waals surface area (Å²) in [7, 11) is 3.66. The molecule has 1 N–H and O–H groups in total. The molecule has 0 amide bonds. The number of nitrogens with zero attached hydrogens (tertiary/aromatic N) is 1. The lowest BCUT2D eigenvalue weighted by molar-refractivity contribution is 0.0317. The molecule has 0 bridgehead atoms. The van der Waals surface area contributed by atoms with Crippen molar-refractivity contribution in [2.24, 2.45) is 0 Å². The number of ether oxygens (including phenoxy) is 2. The number of pyridine rings is 1. The highest BCUT2D eigenvalue weighted by molar-refractivity contribution is 5.51. The first kappa shape index (κ1) is 12.2. The molecule has 0 radical (unpaired) electrons. The molecule has 1 saturated carbocycles. The highest BCUT2D eigenvalue weighted by Gasteiger charge is 2.22. The summed E-state index contributed by atoms with van der Waals surface area (Å²) in [5, 5.41) is 3.09. The third kappa shape index (κ3) is 3.09. The molecule has 4 heteroatoms. The van der Waals surface area contributed by atoms with Gasteiger partial charge in [0.15, 0.2) is 0 Å². The van der Waals surface area contributed by atoms with E-state index in [1.54, 1.807) is 13.3 Å². The fourth-order valence-corrected chi connectivity index (χ4v) is 2.22. The van der Waals surface area contributed by atoms with E-state index >= 15 is 0 Å². The Labute approximate surface area is 102 Å². The lowest BCUT2D eigenvalue weighted by atomic mass is 9.95. The maximum atomic E-state index is 5.94. The molecule has 1 fully saturated rings. The molecular weight excluding hydrogens is 216 g/mol. The van der Waals surface area contributed by atoms with Gasteiger partial charge in [-0.25, -0.2) is 4.98 Å². The highest BCUT2D eigenvalue weighted by Crippen LogP contribution is 2.27. The van der Waals surface area contributed by atoms with Crippen molar-refractivity contribution >= 4 is 5.69 Å². The average molecular weight is 236 g/mol. The summed E-state index contributed by atoms with van der Waals surface area (Å²) in [5.74, 6) is 0.705. The zero-order valence-electron chi connectivity index (χ0n) is 10.5. The van der Waals surface area contributed by atoms with Crippen LogP contribution in [0.3, 0.4) is 0 Å². The predicted octanol–water partition coefficient (Wildman–Crippen LogP) is 2.46. The third-order valence-electron chi connectivity index (χ3n) is 3.27. The molecule has 0 saturated heterocycles. The number of nitrogens with one attached hydrogen (secondary N) is 1. The van der Waals surface area contributed by atoms with Crippen molar-refractivity contribution in [1.29, 1.82) is 0 Å². The van der Waals surface area contributed by atoms with Crippen molar-refractivity contribution in [3.8, 4) is 5.88 Å². The molecule has 1 aliphatic rings. The van der Waals surface area contributed by atoms with Gasteiger partial charge in [-0.3, -0.25) is 0 Å². The van der Waals surface area contributed by atoms with Crippen molar-refractivity contribution in [3.05, 3.63) is 18.3 Å². The van der Waals surface area contributed by atoms with Crippen LogP contribution in [0.4, 0.5) is 5.69 Å². The second-order valence-electron chi connectivity index (χ2n) is 4.36. The summed E-state index contributed by atoms with van der Waals surface area (Å²) in [4.78, 5) is 4.27. The van der Waals surface area contributed by atoms with Crippen LogP contribution in [-0.4, -0.2) is 31.3 Å². The Morgan fingerprint density at radius 2 is 1.94 bits per heavy atom. The minimum atomic E-state index is 0.267. The molecule has 1 heterocycles. The second kappa shape index (κ2) is 5.87. The van der Waals surface area contributed by atoms with Gasteiger partial charge >= 0.3 is 0 Å². The Bertz CT molecular complexity index is 349. The average Bonchev–Trinajstić information content (AvgIpc) is 2.40. The monoisotopic (exact) mass is 236 g/mol. The van der Waals surface area contributed by atoms with E-state index in [9.17, 15) is 0 Å². The molecule has 0 atom stereocenters. The SMILES string of the molecule is CNc1cccnc1O[C@H]1CC[C@H](OC)CC1. The number of rotatable bonds is 4. The Morgan fingerprint density at radius 1 is 1.24 bits per heavy atom. The van der Waals surface area contributed by atoms with Crippen molar-refractivity contribution in [2.45, 2.75) is 37.9 Å². The summed E-state index contributed by atoms with van der Waals surface area (Å²) in [5.41, 5.74) is 0.946. The van der Waals surface area contributed by atoms with E-state index < -0.39 is 0 Å². The van der Waals surface area contributed by atoms with Crippen LogP contribution < -0.4 is 10.1 Å². The molecule has 0 aromatic carbocycles. The van der Waals surface area contributed by atoms with Crippen LogP contribution in [0.1, 0.15) is 25.7 Å². The van der Waals surface area contributed by atoms with Gasteiger partial charge in [0.1, 0.15) is 6.10 Å². The molecule has 2 rings (SSSR count). The topological polar surface area (TPSA) is 43.4 Å². The lowest BCUT2D eigenvalue weighted by Gasteiger charge is -2.28. The maximum Gasteiger partial charge on any atom is 0.237 e. The van der Waals surface area contributed by atoms with E-state index in [0.29, 0.717) is 12.0 Å². The largest absolute Gasteiger partial charge is 0.473 e. The van der Waals surface area contributed by atoms with Crippen LogP contribution >= 0.6 is 0 Å². The Kier molecular flexibility index (Phi) is 4.20. The number of hydrogen-bond donors (Lipinski definition) is 1. The van der Waals surface area contributed by atoms with Gasteiger partial charge in [0.25, 0.3) is 0 Å². The van der Waals surface area contributed by atoms with Crippen molar-refractivity contribution in [1.82, 2.24) is 4.98 Å². The van der Waals surface area contributed by atoms with Crippen LogP contribution in [0, 0.1) is 0 Å². The van der Waals surface area contributed by atoms with E-state index in [1.807, 2.05) is 19.2 Å². The zero-order valence-corrected chi connectivity index (χ0v) is 10.5. The molecule has 0 unspecified atom stereocenters. The van der Waals surface area contributed by atoms with E-state index in [1.165, 1.54) is 0 Å². The van der Waals surface area contributed by atoms with E-state index in [0.717, 1.165) is 31.4 Å². The van der Waals surface area contributed by atoms with Gasteiger partial charge in [-0.15, -0.1) is 0 Å². The number of hydrogen-bond acceptors (Lipinski definition) is 4. The standard InChI is InChI=1S/C13H20N2O2/c1-14-12-4-3-9-15-13(12)17-11-7-5-10(16-2)6-8-11/h3-4,9-11,14H,5-8H2,1-2H3/t10-,11-. The summed E-state index contributed by atoms with van der Waals surface area (Å²) in [6.45, 7) is 0. The van der Waals surface area contributed by atoms with Crippen molar-refractivity contribution in [3.63, 3.8) is 0 Å². The predicted molar refractivity (Wildman–Crippen MR) is 67.5 cm³/mol. The van der Waals surface area contributed by atoms with Crippen molar-refractivity contribution < 1.29 is 9.47 Å². The number of anilines is 1. The van der Waals surface area contributed by atoms with Gasteiger partial charge in [0.2, 0.25) is 5.88 Å². The molecule has 1 aromatic heterocycles. The molecule has 0 spiro atoms. The Morgan fingerprint density at radius 3 is 2.59 bits per heavy atom. The summed E-state index contributed by atoms with van der Waals surface area (Å²) >= 11 is 0. The Hall–Kier alpha value is -1.29. The second-order valence-corrected chi connectivity index (χ2v) is 4.36. The molecule has 1 aromatic rings. The molecule has 1 aliphatic carbocycles. The van der Waals surface area contributed by atoms with Crippen LogP contribution in [0.25, 0.3) is 0 Å². The van der Waals surface area contributed by atoms with Crippen LogP contribution in [-0.2, 0) is 4.74 Å². The van der Waals surface area contributed by atoms with E-state index in [-0.39, 0.29) is 6.10 Å². The van der Waals surface area contributed by atoms with Crippen LogP contribution in [0.15, 0.2) is 18.3 Å². The van der Waals surface area contributed by atoms with Gasteiger partial charge in [0.05, 0.1) is 11.8 Å². The summed E-state index contributed by atoms with van der Waals surface area (Å²) in [6.07, 6.45) is 6.66. The van der Waals surface area contributed by atoms with Gasteiger partial charge in [-0.05, 0) is 37.8 Å². The van der Waals surface area contributed by atoms with Gasteiger partial charge < -0.3 is 14.8 Å². The minimum absolute atomic E-state index is 0.267. The first-order valence-corrected chi connectivity index (χ1v) is 6.15. The summed E-state index contributed by atoms with van der Waals surface area (Å²) in [6, 6.07) is 3.88. The van der Waals surface area contributed by atoms with Gasteiger partial charge in [-0.1, -0.05) is 0 Å². The molecule has 94 valence electrons. The zero-order chi connectivity index (χ0) is 12.1. The van der Waals surface area contributed by atoms with Crippen molar-refractivity contribution in [2.75, 3.05) is 19.5 Å². The fourth-order valence-electron chi connectivity index (χ4n) is 2.22. The molecule has 0 aliphatic heterocycles.